The Balaban J connectivity index is 1.60. The van der Waals surface area contributed by atoms with Gasteiger partial charge in [0.2, 0.25) is 15.9 Å². The van der Waals surface area contributed by atoms with Crippen molar-refractivity contribution in [3.05, 3.63) is 28.7 Å². The number of aromatic nitrogens is 1. The average molecular weight is 436 g/mol. The molecule has 2 aromatic rings. The van der Waals surface area contributed by atoms with Crippen LogP contribution in [0.1, 0.15) is 46.0 Å². The van der Waals surface area contributed by atoms with Crippen LogP contribution < -0.4 is 5.76 Å². The predicted octanol–water partition coefficient (Wildman–Crippen LogP) is 2.42. The highest BCUT2D eigenvalue weighted by atomic mass is 32.2. The number of amides is 1. The van der Waals surface area contributed by atoms with E-state index in [2.05, 4.69) is 6.92 Å². The van der Waals surface area contributed by atoms with E-state index in [1.165, 1.54) is 21.0 Å². The Bertz CT molecular complexity index is 1100. The van der Waals surface area contributed by atoms with Crippen LogP contribution in [0.5, 0.6) is 0 Å². The summed E-state index contributed by atoms with van der Waals surface area (Å²) in [7, 11) is -3.66. The number of hydrogen-bond acceptors (Lipinski definition) is 5. The molecule has 1 amide bonds. The van der Waals surface area contributed by atoms with Crippen molar-refractivity contribution in [3.8, 4) is 0 Å². The molecule has 1 aromatic carbocycles. The lowest BCUT2D eigenvalue weighted by molar-refractivity contribution is -0.133. The van der Waals surface area contributed by atoms with Crippen molar-refractivity contribution >= 4 is 27.0 Å². The summed E-state index contributed by atoms with van der Waals surface area (Å²) in [6.45, 7) is 5.87. The van der Waals surface area contributed by atoms with E-state index in [0.717, 1.165) is 32.1 Å². The van der Waals surface area contributed by atoms with E-state index in [9.17, 15) is 18.0 Å². The van der Waals surface area contributed by atoms with Gasteiger partial charge in [-0.05, 0) is 50.7 Å². The molecule has 0 radical (unpaired) electrons. The highest BCUT2D eigenvalue weighted by Crippen LogP contribution is 2.27. The minimum Gasteiger partial charge on any atom is -0.408 e. The van der Waals surface area contributed by atoms with E-state index in [4.69, 9.17) is 4.42 Å². The van der Waals surface area contributed by atoms with Crippen LogP contribution in [0.4, 0.5) is 0 Å². The number of rotatable bonds is 4. The van der Waals surface area contributed by atoms with Gasteiger partial charge in [-0.15, -0.1) is 0 Å². The van der Waals surface area contributed by atoms with Gasteiger partial charge in [0.15, 0.2) is 5.58 Å². The third-order valence-electron chi connectivity index (χ3n) is 6.42. The SMILES string of the molecule is CC1CCN(C(=O)Cn2c(=O)oc3cc(S(=O)(=O)N4CCCC[C@@H]4C)ccc32)CC1. The minimum atomic E-state index is -3.66. The first-order valence-corrected chi connectivity index (χ1v) is 12.1. The second-order valence-corrected chi connectivity index (χ2v) is 10.5. The first kappa shape index (κ1) is 21.1. The quantitative estimate of drug-likeness (QED) is 0.735. The highest BCUT2D eigenvalue weighted by molar-refractivity contribution is 7.89. The maximum Gasteiger partial charge on any atom is 0.420 e. The molecule has 0 aliphatic carbocycles. The zero-order valence-electron chi connectivity index (χ0n) is 17.5. The first-order chi connectivity index (χ1) is 14.3. The number of oxazole rings is 1. The van der Waals surface area contributed by atoms with E-state index in [1.54, 1.807) is 11.0 Å². The van der Waals surface area contributed by atoms with Gasteiger partial charge < -0.3 is 9.32 Å². The molecule has 0 saturated carbocycles. The van der Waals surface area contributed by atoms with Crippen LogP contribution in [-0.2, 0) is 21.4 Å². The topological polar surface area (TPSA) is 92.8 Å². The first-order valence-electron chi connectivity index (χ1n) is 10.7. The monoisotopic (exact) mass is 435 g/mol. The Labute approximate surface area is 176 Å². The summed E-state index contributed by atoms with van der Waals surface area (Å²) in [5, 5.41) is 0. The van der Waals surface area contributed by atoms with Crippen LogP contribution in [-0.4, -0.2) is 53.8 Å². The van der Waals surface area contributed by atoms with Gasteiger partial charge in [-0.2, -0.15) is 4.31 Å². The Morgan fingerprint density at radius 1 is 1.10 bits per heavy atom. The molecule has 0 bridgehead atoms. The minimum absolute atomic E-state index is 0.0547. The lowest BCUT2D eigenvalue weighted by Gasteiger charge is -2.32. The van der Waals surface area contributed by atoms with Gasteiger partial charge in [0.05, 0.1) is 10.4 Å². The number of likely N-dealkylation sites (tertiary alicyclic amines) is 1. The lowest BCUT2D eigenvalue weighted by atomic mass is 9.99. The second kappa shape index (κ2) is 8.19. The van der Waals surface area contributed by atoms with Crippen LogP contribution >= 0.6 is 0 Å². The van der Waals surface area contributed by atoms with E-state index in [0.29, 0.717) is 31.1 Å². The smallest absolute Gasteiger partial charge is 0.408 e. The molecule has 2 fully saturated rings. The summed E-state index contributed by atoms with van der Waals surface area (Å²) in [6, 6.07) is 4.41. The Morgan fingerprint density at radius 3 is 2.53 bits per heavy atom. The molecule has 2 aliphatic heterocycles. The number of piperidine rings is 2. The van der Waals surface area contributed by atoms with E-state index >= 15 is 0 Å². The maximum absolute atomic E-state index is 13.1. The van der Waals surface area contributed by atoms with Crippen molar-refractivity contribution in [2.24, 2.45) is 5.92 Å². The Hall–Kier alpha value is -2.13. The van der Waals surface area contributed by atoms with Crippen LogP contribution in [0.15, 0.2) is 32.3 Å². The summed E-state index contributed by atoms with van der Waals surface area (Å²) in [5.41, 5.74) is 0.621. The largest absolute Gasteiger partial charge is 0.420 e. The lowest BCUT2D eigenvalue weighted by Crippen LogP contribution is -2.41. The molecule has 164 valence electrons. The van der Waals surface area contributed by atoms with Crippen LogP contribution in [0.3, 0.4) is 0 Å². The number of sulfonamides is 1. The van der Waals surface area contributed by atoms with Gasteiger partial charge in [-0.1, -0.05) is 13.3 Å². The number of carbonyl (C=O) groups is 1. The number of fused-ring (bicyclic) bond motifs is 1. The van der Waals surface area contributed by atoms with Crippen molar-refractivity contribution < 1.29 is 17.6 Å². The summed E-state index contributed by atoms with van der Waals surface area (Å²) in [6.07, 6.45) is 4.62. The number of nitrogens with zero attached hydrogens (tertiary/aromatic N) is 3. The summed E-state index contributed by atoms with van der Waals surface area (Å²) in [4.78, 5) is 26.9. The van der Waals surface area contributed by atoms with Crippen molar-refractivity contribution in [1.29, 1.82) is 0 Å². The van der Waals surface area contributed by atoms with Crippen molar-refractivity contribution in [1.82, 2.24) is 13.8 Å². The molecule has 30 heavy (non-hydrogen) atoms. The fourth-order valence-electron chi connectivity index (χ4n) is 4.41. The standard InChI is InChI=1S/C21H29N3O5S/c1-15-8-11-22(12-9-15)20(25)14-23-18-7-6-17(13-19(18)29-21(23)26)30(27,28)24-10-4-3-5-16(24)2/h6-7,13,15-16H,3-5,8-12,14H2,1-2H3/t16-/m0/s1. The van der Waals surface area contributed by atoms with E-state index in [-0.39, 0.29) is 29.0 Å². The van der Waals surface area contributed by atoms with Gasteiger partial charge in [0, 0.05) is 31.7 Å². The van der Waals surface area contributed by atoms with Crippen LogP contribution in [0.2, 0.25) is 0 Å². The summed E-state index contributed by atoms with van der Waals surface area (Å²) >= 11 is 0. The third-order valence-corrected chi connectivity index (χ3v) is 8.43. The normalized spacial score (nSPS) is 21.9. The molecule has 9 heteroatoms. The fraction of sp³-hybridized carbons (Fsp3) is 0.619. The Morgan fingerprint density at radius 2 is 1.83 bits per heavy atom. The number of carbonyl (C=O) groups excluding carboxylic acids is 1. The van der Waals surface area contributed by atoms with E-state index < -0.39 is 15.8 Å². The van der Waals surface area contributed by atoms with Gasteiger partial charge in [-0.3, -0.25) is 9.36 Å². The molecule has 3 heterocycles. The average Bonchev–Trinajstić information content (AvgIpc) is 3.03. The molecule has 4 rings (SSSR count). The molecule has 1 aromatic heterocycles. The zero-order chi connectivity index (χ0) is 21.5. The summed E-state index contributed by atoms with van der Waals surface area (Å²) < 4.78 is 34.3. The van der Waals surface area contributed by atoms with E-state index in [1.807, 2.05) is 6.92 Å². The molecule has 1 atom stereocenters. The molecular formula is C21H29N3O5S. The van der Waals surface area contributed by atoms with Gasteiger partial charge in [-0.25, -0.2) is 13.2 Å². The fourth-order valence-corrected chi connectivity index (χ4v) is 6.13. The van der Waals surface area contributed by atoms with Gasteiger partial charge in [0.1, 0.15) is 6.54 Å². The summed E-state index contributed by atoms with van der Waals surface area (Å²) in [5.74, 6) is -0.162. The maximum atomic E-state index is 13.1. The molecular weight excluding hydrogens is 406 g/mol. The van der Waals surface area contributed by atoms with Crippen LogP contribution in [0, 0.1) is 5.92 Å². The van der Waals surface area contributed by atoms with Crippen LogP contribution in [0.25, 0.3) is 11.1 Å². The van der Waals surface area contributed by atoms with Gasteiger partial charge in [0.25, 0.3) is 0 Å². The molecule has 0 N–H and O–H groups in total. The number of benzene rings is 1. The predicted molar refractivity (Wildman–Crippen MR) is 113 cm³/mol. The Kier molecular flexibility index (Phi) is 5.76. The molecule has 2 saturated heterocycles. The molecule has 0 unspecified atom stereocenters. The van der Waals surface area contributed by atoms with Crippen molar-refractivity contribution in [2.45, 2.75) is 63.4 Å². The third kappa shape index (κ3) is 3.92. The highest BCUT2D eigenvalue weighted by Gasteiger charge is 2.31. The number of hydrogen-bond donors (Lipinski definition) is 0. The van der Waals surface area contributed by atoms with Crippen molar-refractivity contribution in [2.75, 3.05) is 19.6 Å². The molecule has 2 aliphatic rings. The zero-order valence-corrected chi connectivity index (χ0v) is 18.4. The molecule has 0 spiro atoms. The van der Waals surface area contributed by atoms with Gasteiger partial charge >= 0.3 is 5.76 Å². The van der Waals surface area contributed by atoms with Crippen molar-refractivity contribution in [3.63, 3.8) is 0 Å². The second-order valence-electron chi connectivity index (χ2n) is 8.61. The molecule has 8 nitrogen and oxygen atoms in total.